The summed E-state index contributed by atoms with van der Waals surface area (Å²) in [5.74, 6) is -0.594. The highest BCUT2D eigenvalue weighted by molar-refractivity contribution is 6.35. The van der Waals surface area contributed by atoms with Crippen LogP contribution in [-0.2, 0) is 13.6 Å². The third kappa shape index (κ3) is 4.43. The van der Waals surface area contributed by atoms with Crippen LogP contribution < -0.4 is 22.3 Å². The molecule has 1 heterocycles. The molecule has 0 spiro atoms. The summed E-state index contributed by atoms with van der Waals surface area (Å²) in [5, 5.41) is 4.02. The molecule has 0 saturated carbocycles. The molecule has 0 radical (unpaired) electrons. The number of anilines is 1. The van der Waals surface area contributed by atoms with Gasteiger partial charge in [-0.05, 0) is 31.0 Å². The predicted molar refractivity (Wildman–Crippen MR) is 108 cm³/mol. The summed E-state index contributed by atoms with van der Waals surface area (Å²) in [4.78, 5) is 37.2. The lowest BCUT2D eigenvalue weighted by atomic mass is 10.1. The van der Waals surface area contributed by atoms with Crippen molar-refractivity contribution >= 4 is 34.8 Å². The molecule has 0 fully saturated rings. The van der Waals surface area contributed by atoms with Crippen LogP contribution in [0, 0.1) is 0 Å². The molecule has 146 valence electrons. The number of nitrogens with zero attached hydrogens (tertiary/aromatic N) is 2. The zero-order chi connectivity index (χ0) is 20.3. The van der Waals surface area contributed by atoms with E-state index in [2.05, 4.69) is 5.32 Å². The standard InChI is InChI=1S/C18H22Cl2N4O3/c1-4-7-24-16(21)15(17(26)23(3)18(24)27)14(25)9-22-10(2)12-6-5-11(19)8-13(12)20/h5-6,8,10,22H,4,7,9,21H2,1-3H3/t10-/m0/s1. The average Bonchev–Trinajstić information content (AvgIpc) is 2.61. The van der Waals surface area contributed by atoms with Crippen molar-refractivity contribution in [1.29, 1.82) is 0 Å². The summed E-state index contributed by atoms with van der Waals surface area (Å²) in [6.45, 7) is 3.90. The number of aromatic nitrogens is 2. The first-order valence-corrected chi connectivity index (χ1v) is 9.25. The summed E-state index contributed by atoms with van der Waals surface area (Å²) in [6.07, 6.45) is 0.639. The second kappa shape index (κ2) is 8.73. The van der Waals surface area contributed by atoms with E-state index in [0.717, 1.165) is 10.1 Å². The first-order valence-electron chi connectivity index (χ1n) is 8.49. The van der Waals surface area contributed by atoms with Crippen molar-refractivity contribution in [2.24, 2.45) is 7.05 Å². The molecule has 0 bridgehead atoms. The van der Waals surface area contributed by atoms with Gasteiger partial charge in [-0.25, -0.2) is 4.79 Å². The van der Waals surface area contributed by atoms with Crippen molar-refractivity contribution in [3.8, 4) is 0 Å². The zero-order valence-electron chi connectivity index (χ0n) is 15.4. The minimum atomic E-state index is -0.700. The van der Waals surface area contributed by atoms with E-state index < -0.39 is 17.0 Å². The highest BCUT2D eigenvalue weighted by atomic mass is 35.5. The summed E-state index contributed by atoms with van der Waals surface area (Å²) >= 11 is 12.1. The molecule has 1 aromatic carbocycles. The van der Waals surface area contributed by atoms with Gasteiger partial charge in [0.1, 0.15) is 11.4 Å². The number of hydrogen-bond donors (Lipinski definition) is 2. The van der Waals surface area contributed by atoms with E-state index in [1.54, 1.807) is 18.2 Å². The van der Waals surface area contributed by atoms with Crippen molar-refractivity contribution in [3.05, 3.63) is 60.2 Å². The monoisotopic (exact) mass is 412 g/mol. The quantitative estimate of drug-likeness (QED) is 0.679. The fourth-order valence-electron chi connectivity index (χ4n) is 2.78. The Kier molecular flexibility index (Phi) is 6.86. The lowest BCUT2D eigenvalue weighted by Gasteiger charge is -2.17. The fraction of sp³-hybridized carbons (Fsp3) is 0.389. The molecule has 0 aliphatic carbocycles. The van der Waals surface area contributed by atoms with Crippen LogP contribution >= 0.6 is 23.2 Å². The molecule has 2 rings (SSSR count). The Morgan fingerprint density at radius 1 is 1.30 bits per heavy atom. The Bertz CT molecular complexity index is 982. The second-order valence-electron chi connectivity index (χ2n) is 6.25. The number of benzene rings is 1. The largest absolute Gasteiger partial charge is 0.384 e. The maximum atomic E-state index is 12.7. The number of nitrogens with two attached hydrogens (primary N) is 1. The Hall–Kier alpha value is -2.09. The Morgan fingerprint density at radius 3 is 2.56 bits per heavy atom. The van der Waals surface area contributed by atoms with Gasteiger partial charge < -0.3 is 11.1 Å². The van der Waals surface area contributed by atoms with Gasteiger partial charge in [0.2, 0.25) is 0 Å². The molecular formula is C18H22Cl2N4O3. The van der Waals surface area contributed by atoms with E-state index >= 15 is 0 Å². The van der Waals surface area contributed by atoms with Crippen molar-refractivity contribution in [2.45, 2.75) is 32.9 Å². The Labute approximate surface area is 166 Å². The van der Waals surface area contributed by atoms with E-state index in [0.29, 0.717) is 23.0 Å². The second-order valence-corrected chi connectivity index (χ2v) is 7.09. The SMILES string of the molecule is CCCn1c(N)c(C(=O)CN[C@@H](C)c2ccc(Cl)cc2Cl)c(=O)n(C)c1=O. The third-order valence-corrected chi connectivity index (χ3v) is 4.87. The molecule has 27 heavy (non-hydrogen) atoms. The zero-order valence-corrected chi connectivity index (χ0v) is 16.9. The lowest BCUT2D eigenvalue weighted by Crippen LogP contribution is -2.43. The van der Waals surface area contributed by atoms with Crippen LogP contribution in [0.1, 0.15) is 42.2 Å². The molecule has 7 nitrogen and oxygen atoms in total. The van der Waals surface area contributed by atoms with Gasteiger partial charge in [0, 0.05) is 29.7 Å². The Morgan fingerprint density at radius 2 is 1.96 bits per heavy atom. The minimum absolute atomic E-state index is 0.103. The number of nitrogen functional groups attached to an aromatic ring is 1. The van der Waals surface area contributed by atoms with E-state index in [9.17, 15) is 14.4 Å². The molecule has 0 saturated heterocycles. The topological polar surface area (TPSA) is 99.1 Å². The van der Waals surface area contributed by atoms with Gasteiger partial charge in [-0.1, -0.05) is 36.2 Å². The minimum Gasteiger partial charge on any atom is -0.384 e. The van der Waals surface area contributed by atoms with Gasteiger partial charge >= 0.3 is 5.69 Å². The third-order valence-electron chi connectivity index (χ3n) is 4.31. The molecule has 9 heteroatoms. The molecule has 1 atom stereocenters. The van der Waals surface area contributed by atoms with Crippen LogP contribution in [0.15, 0.2) is 27.8 Å². The average molecular weight is 413 g/mol. The highest BCUT2D eigenvalue weighted by Gasteiger charge is 2.22. The number of ketones is 1. The highest BCUT2D eigenvalue weighted by Crippen LogP contribution is 2.26. The van der Waals surface area contributed by atoms with Crippen LogP contribution in [0.3, 0.4) is 0 Å². The summed E-state index contributed by atoms with van der Waals surface area (Å²) in [5.41, 5.74) is 5.31. The molecule has 0 amide bonds. The van der Waals surface area contributed by atoms with Crippen LogP contribution in [0.4, 0.5) is 5.82 Å². The molecule has 1 aromatic heterocycles. The van der Waals surface area contributed by atoms with Crippen molar-refractivity contribution in [1.82, 2.24) is 14.5 Å². The van der Waals surface area contributed by atoms with Crippen molar-refractivity contribution in [2.75, 3.05) is 12.3 Å². The first kappa shape index (κ1) is 21.2. The van der Waals surface area contributed by atoms with E-state index in [1.807, 2.05) is 13.8 Å². The number of rotatable bonds is 7. The maximum Gasteiger partial charge on any atom is 0.332 e. The summed E-state index contributed by atoms with van der Waals surface area (Å²) < 4.78 is 2.15. The summed E-state index contributed by atoms with van der Waals surface area (Å²) in [6, 6.07) is 4.83. The Balaban J connectivity index is 2.28. The van der Waals surface area contributed by atoms with E-state index in [1.165, 1.54) is 11.6 Å². The van der Waals surface area contributed by atoms with Crippen LogP contribution in [0.25, 0.3) is 0 Å². The van der Waals surface area contributed by atoms with Gasteiger partial charge in [-0.3, -0.25) is 18.7 Å². The molecular weight excluding hydrogens is 391 g/mol. The number of halogens is 2. The number of carbonyl (C=O) groups excluding carboxylic acids is 1. The van der Waals surface area contributed by atoms with Crippen molar-refractivity contribution in [3.63, 3.8) is 0 Å². The molecule has 2 aromatic rings. The van der Waals surface area contributed by atoms with Crippen LogP contribution in [0.2, 0.25) is 10.0 Å². The van der Waals surface area contributed by atoms with Gasteiger partial charge in [-0.15, -0.1) is 0 Å². The molecule has 3 N–H and O–H groups in total. The van der Waals surface area contributed by atoms with Gasteiger partial charge in [-0.2, -0.15) is 0 Å². The normalized spacial score (nSPS) is 12.2. The predicted octanol–water partition coefficient (Wildman–Crippen LogP) is 2.38. The fourth-order valence-corrected chi connectivity index (χ4v) is 3.35. The number of hydrogen-bond acceptors (Lipinski definition) is 5. The first-order chi connectivity index (χ1) is 12.7. The van der Waals surface area contributed by atoms with Crippen LogP contribution in [0.5, 0.6) is 0 Å². The number of Topliss-reactive ketones (excluding diaryl/α,β-unsaturated/α-hetero) is 1. The smallest absolute Gasteiger partial charge is 0.332 e. The number of nitrogens with one attached hydrogen (secondary N) is 1. The van der Waals surface area contributed by atoms with E-state index in [-0.39, 0.29) is 24.0 Å². The molecule has 0 aliphatic heterocycles. The van der Waals surface area contributed by atoms with Gasteiger partial charge in [0.05, 0.1) is 6.54 Å². The maximum absolute atomic E-state index is 12.7. The number of carbonyl (C=O) groups is 1. The molecule has 0 aliphatic rings. The van der Waals surface area contributed by atoms with Gasteiger partial charge in [0.15, 0.2) is 5.78 Å². The van der Waals surface area contributed by atoms with Gasteiger partial charge in [0.25, 0.3) is 5.56 Å². The summed E-state index contributed by atoms with van der Waals surface area (Å²) in [7, 11) is 1.33. The van der Waals surface area contributed by atoms with Crippen LogP contribution in [-0.4, -0.2) is 21.5 Å². The van der Waals surface area contributed by atoms with Crippen molar-refractivity contribution < 1.29 is 4.79 Å². The van der Waals surface area contributed by atoms with E-state index in [4.69, 9.17) is 28.9 Å². The molecule has 0 unspecified atom stereocenters. The lowest BCUT2D eigenvalue weighted by molar-refractivity contribution is 0.0986.